The van der Waals surface area contributed by atoms with Crippen molar-refractivity contribution in [2.75, 3.05) is 0 Å². The summed E-state index contributed by atoms with van der Waals surface area (Å²) in [6.45, 7) is 1.19. The Balaban J connectivity index is 0. The van der Waals surface area contributed by atoms with E-state index in [0.29, 0.717) is 0 Å². The molecule has 0 aliphatic heterocycles. The van der Waals surface area contributed by atoms with Crippen molar-refractivity contribution in [1.29, 1.82) is 0 Å². The first-order chi connectivity index (χ1) is 2.94. The van der Waals surface area contributed by atoms with Crippen LogP contribution in [-0.2, 0) is 4.79 Å². The van der Waals surface area contributed by atoms with Crippen LogP contribution in [0.25, 0.3) is 0 Å². The normalized spacial score (nSPS) is 9.88. The number of alkyl halides is 2. The van der Waals surface area contributed by atoms with E-state index in [-0.39, 0.29) is 23.1 Å². The molecular weight excluding hydrogens is 163 g/mol. The maximum atomic E-state index is 9.76. The fourth-order valence-electron chi connectivity index (χ4n) is 0. The van der Waals surface area contributed by atoms with Gasteiger partial charge < -0.3 is 5.11 Å². The molecule has 42 valence electrons. The number of aliphatic carboxylic acids is 1. The Labute approximate surface area is 73.3 Å². The zero-order chi connectivity index (χ0) is 6.08. The Morgan fingerprint density at radius 3 is 1.75 bits per heavy atom. The van der Waals surface area contributed by atoms with Crippen LogP contribution in [0.4, 0.5) is 0 Å². The molecule has 0 spiro atoms. The Hall–Kier alpha value is 0.816. The molecular formula is C3H4Cl2MgO2+2. The van der Waals surface area contributed by atoms with Crippen LogP contribution in [0.2, 0.25) is 0 Å². The van der Waals surface area contributed by atoms with Crippen LogP contribution in [0.5, 0.6) is 0 Å². The van der Waals surface area contributed by atoms with Gasteiger partial charge in [0.05, 0.1) is 0 Å². The van der Waals surface area contributed by atoms with Gasteiger partial charge in [0, 0.05) is 0 Å². The predicted molar refractivity (Wildman–Crippen MR) is 33.5 cm³/mol. The van der Waals surface area contributed by atoms with Gasteiger partial charge in [0.2, 0.25) is 4.33 Å². The average molecular weight is 167 g/mol. The van der Waals surface area contributed by atoms with Crippen molar-refractivity contribution >= 4 is 52.2 Å². The maximum Gasteiger partial charge on any atom is 2.00 e. The van der Waals surface area contributed by atoms with Crippen molar-refractivity contribution in [3.05, 3.63) is 0 Å². The molecule has 0 rings (SSSR count). The van der Waals surface area contributed by atoms with Crippen LogP contribution in [0.1, 0.15) is 6.92 Å². The molecule has 5 heteroatoms. The zero-order valence-corrected chi connectivity index (χ0v) is 7.24. The Kier molecular flexibility index (Phi) is 5.46. The maximum absolute atomic E-state index is 9.76. The van der Waals surface area contributed by atoms with Gasteiger partial charge in [-0.2, -0.15) is 0 Å². The van der Waals surface area contributed by atoms with Gasteiger partial charge in [-0.1, -0.05) is 23.2 Å². The molecule has 0 unspecified atom stereocenters. The molecule has 0 saturated heterocycles. The van der Waals surface area contributed by atoms with Gasteiger partial charge in [-0.15, -0.1) is 0 Å². The van der Waals surface area contributed by atoms with Crippen LogP contribution in [0.3, 0.4) is 0 Å². The largest absolute Gasteiger partial charge is 2.00 e. The van der Waals surface area contributed by atoms with E-state index in [1.165, 1.54) is 6.92 Å². The third-order valence-electron chi connectivity index (χ3n) is 0.376. The van der Waals surface area contributed by atoms with Crippen molar-refractivity contribution in [3.63, 3.8) is 0 Å². The number of hydrogen-bond donors (Lipinski definition) is 1. The van der Waals surface area contributed by atoms with E-state index in [9.17, 15) is 4.79 Å². The van der Waals surface area contributed by atoms with Crippen molar-refractivity contribution in [2.45, 2.75) is 11.3 Å². The molecule has 0 heterocycles. The summed E-state index contributed by atoms with van der Waals surface area (Å²) in [5, 5.41) is 7.99. The summed E-state index contributed by atoms with van der Waals surface area (Å²) in [4.78, 5) is 9.76. The predicted octanol–water partition coefficient (Wildman–Crippen LogP) is 0.884. The summed E-state index contributed by atoms with van der Waals surface area (Å²) < 4.78 is -1.64. The fraction of sp³-hybridized carbons (Fsp3) is 0.667. The van der Waals surface area contributed by atoms with E-state index in [4.69, 9.17) is 28.3 Å². The van der Waals surface area contributed by atoms with Crippen LogP contribution >= 0.6 is 23.2 Å². The molecule has 0 aromatic heterocycles. The number of carboxylic acid groups (broad SMARTS) is 1. The summed E-state index contributed by atoms with van der Waals surface area (Å²) in [5.41, 5.74) is 0. The Bertz CT molecular complexity index is 87.8. The van der Waals surface area contributed by atoms with Crippen molar-refractivity contribution in [1.82, 2.24) is 0 Å². The van der Waals surface area contributed by atoms with E-state index in [1.54, 1.807) is 0 Å². The van der Waals surface area contributed by atoms with E-state index in [1.807, 2.05) is 0 Å². The van der Waals surface area contributed by atoms with Crippen LogP contribution in [0, 0.1) is 0 Å². The van der Waals surface area contributed by atoms with E-state index >= 15 is 0 Å². The number of carbonyl (C=O) groups is 1. The van der Waals surface area contributed by atoms with Gasteiger partial charge in [-0.05, 0) is 6.92 Å². The number of carboxylic acids is 1. The minimum atomic E-state index is -1.64. The molecule has 0 aliphatic carbocycles. The molecule has 0 amide bonds. The second-order valence-electron chi connectivity index (χ2n) is 1.19. The summed E-state index contributed by atoms with van der Waals surface area (Å²) in [6, 6.07) is 0. The number of halogens is 2. The van der Waals surface area contributed by atoms with Gasteiger partial charge in [0.1, 0.15) is 0 Å². The quantitative estimate of drug-likeness (QED) is 0.465. The fourth-order valence-corrected chi connectivity index (χ4v) is 0. The zero-order valence-electron chi connectivity index (χ0n) is 4.32. The first kappa shape index (κ1) is 11.6. The molecule has 1 N–H and O–H groups in total. The Morgan fingerprint density at radius 1 is 1.62 bits per heavy atom. The second-order valence-corrected chi connectivity index (χ2v) is 2.90. The molecule has 0 radical (unpaired) electrons. The van der Waals surface area contributed by atoms with Crippen LogP contribution in [0.15, 0.2) is 0 Å². The summed E-state index contributed by atoms with van der Waals surface area (Å²) >= 11 is 10.1. The molecule has 0 atom stereocenters. The van der Waals surface area contributed by atoms with Gasteiger partial charge in [0.15, 0.2) is 0 Å². The monoisotopic (exact) mass is 166 g/mol. The molecule has 0 saturated carbocycles. The number of hydrogen-bond acceptors (Lipinski definition) is 1. The molecule has 2 nitrogen and oxygen atoms in total. The molecule has 8 heavy (non-hydrogen) atoms. The summed E-state index contributed by atoms with van der Waals surface area (Å²) in [5.74, 6) is -1.23. The molecule has 0 bridgehead atoms. The number of rotatable bonds is 1. The van der Waals surface area contributed by atoms with Crippen molar-refractivity contribution in [2.24, 2.45) is 0 Å². The van der Waals surface area contributed by atoms with E-state index < -0.39 is 10.3 Å². The first-order valence-electron chi connectivity index (χ1n) is 1.56. The smallest absolute Gasteiger partial charge is 0.479 e. The topological polar surface area (TPSA) is 37.3 Å². The van der Waals surface area contributed by atoms with E-state index in [2.05, 4.69) is 0 Å². The SMILES string of the molecule is CC(Cl)(Cl)C(=O)O.[Mg+2]. The molecule has 0 aromatic rings. The second kappa shape index (κ2) is 3.77. The first-order valence-corrected chi connectivity index (χ1v) is 2.31. The average Bonchev–Trinajstić information content (AvgIpc) is 1.31. The minimum Gasteiger partial charge on any atom is -0.479 e. The Morgan fingerprint density at radius 2 is 1.75 bits per heavy atom. The van der Waals surface area contributed by atoms with Crippen LogP contribution in [-0.4, -0.2) is 38.5 Å². The third kappa shape index (κ3) is 4.96. The molecule has 0 aromatic carbocycles. The van der Waals surface area contributed by atoms with Gasteiger partial charge in [0.25, 0.3) is 0 Å². The third-order valence-corrected chi connectivity index (χ3v) is 0.699. The standard InChI is InChI=1S/C3H4Cl2O2.Mg/c1-3(4,5)2(6)7;/h1H3,(H,6,7);/q;+2. The van der Waals surface area contributed by atoms with Gasteiger partial charge in [-0.25, -0.2) is 4.79 Å². The molecule has 0 aliphatic rings. The van der Waals surface area contributed by atoms with Gasteiger partial charge >= 0.3 is 29.0 Å². The van der Waals surface area contributed by atoms with Crippen LogP contribution < -0.4 is 0 Å². The van der Waals surface area contributed by atoms with E-state index in [0.717, 1.165) is 0 Å². The molecule has 0 fully saturated rings. The van der Waals surface area contributed by atoms with Gasteiger partial charge in [-0.3, -0.25) is 0 Å². The van der Waals surface area contributed by atoms with Crippen molar-refractivity contribution in [3.8, 4) is 0 Å². The minimum absolute atomic E-state index is 0. The summed E-state index contributed by atoms with van der Waals surface area (Å²) in [7, 11) is 0. The summed E-state index contributed by atoms with van der Waals surface area (Å²) in [6.07, 6.45) is 0. The van der Waals surface area contributed by atoms with Crippen molar-refractivity contribution < 1.29 is 9.90 Å².